The summed E-state index contributed by atoms with van der Waals surface area (Å²) in [4.78, 5) is 11.9. The molecule has 2 aromatic rings. The van der Waals surface area contributed by atoms with Gasteiger partial charge in [-0.2, -0.15) is 5.10 Å². The predicted molar refractivity (Wildman–Crippen MR) is 73.4 cm³/mol. The van der Waals surface area contributed by atoms with E-state index in [1.54, 1.807) is 10.9 Å². The van der Waals surface area contributed by atoms with Crippen LogP contribution in [0.3, 0.4) is 0 Å². The third-order valence-corrected chi connectivity index (χ3v) is 3.47. The van der Waals surface area contributed by atoms with Crippen LogP contribution in [0.4, 0.5) is 0 Å². The maximum Gasteiger partial charge on any atom is 0.251 e. The number of hydrogen-bond donors (Lipinski definition) is 1. The highest BCUT2D eigenvalue weighted by atomic mass is 79.9. The van der Waals surface area contributed by atoms with Crippen LogP contribution in [-0.2, 0) is 6.54 Å². The SMILES string of the molecule is Cc1ccc(C(=O)NCCn2cccn2)cc1Br. The summed E-state index contributed by atoms with van der Waals surface area (Å²) in [7, 11) is 0. The summed E-state index contributed by atoms with van der Waals surface area (Å²) in [5.41, 5.74) is 1.77. The number of hydrogen-bond acceptors (Lipinski definition) is 2. The summed E-state index contributed by atoms with van der Waals surface area (Å²) in [5, 5.41) is 6.93. The molecule has 0 atom stereocenters. The Morgan fingerprint density at radius 3 is 3.00 bits per heavy atom. The van der Waals surface area contributed by atoms with Gasteiger partial charge in [-0.15, -0.1) is 0 Å². The van der Waals surface area contributed by atoms with Crippen molar-refractivity contribution in [2.45, 2.75) is 13.5 Å². The lowest BCUT2D eigenvalue weighted by Gasteiger charge is -2.06. The van der Waals surface area contributed by atoms with E-state index in [0.29, 0.717) is 18.7 Å². The van der Waals surface area contributed by atoms with Crippen LogP contribution >= 0.6 is 15.9 Å². The number of aryl methyl sites for hydroxylation is 1. The highest BCUT2D eigenvalue weighted by Crippen LogP contribution is 2.17. The van der Waals surface area contributed by atoms with E-state index in [2.05, 4.69) is 26.3 Å². The molecular formula is C13H14BrN3O. The molecule has 1 aromatic heterocycles. The average Bonchev–Trinajstić information content (AvgIpc) is 2.85. The van der Waals surface area contributed by atoms with E-state index in [9.17, 15) is 4.79 Å². The van der Waals surface area contributed by atoms with Crippen molar-refractivity contribution in [2.24, 2.45) is 0 Å². The Bertz CT molecular complexity index is 537. The molecule has 18 heavy (non-hydrogen) atoms. The van der Waals surface area contributed by atoms with Gasteiger partial charge in [0, 0.05) is 29.0 Å². The van der Waals surface area contributed by atoms with Gasteiger partial charge in [0.05, 0.1) is 6.54 Å². The Hall–Kier alpha value is -1.62. The molecule has 0 bridgehead atoms. The quantitative estimate of drug-likeness (QED) is 0.942. The predicted octanol–water partition coefficient (Wildman–Crippen LogP) is 2.38. The van der Waals surface area contributed by atoms with Gasteiger partial charge in [0.2, 0.25) is 0 Å². The van der Waals surface area contributed by atoms with E-state index in [1.165, 1.54) is 0 Å². The minimum absolute atomic E-state index is 0.0668. The number of benzene rings is 1. The smallest absolute Gasteiger partial charge is 0.251 e. The van der Waals surface area contributed by atoms with Crippen molar-refractivity contribution in [3.63, 3.8) is 0 Å². The molecule has 0 saturated carbocycles. The van der Waals surface area contributed by atoms with Crippen LogP contribution in [0, 0.1) is 6.92 Å². The number of nitrogens with one attached hydrogen (secondary N) is 1. The number of aromatic nitrogens is 2. The lowest BCUT2D eigenvalue weighted by atomic mass is 10.1. The first-order chi connectivity index (χ1) is 8.66. The van der Waals surface area contributed by atoms with Gasteiger partial charge in [-0.3, -0.25) is 9.48 Å². The van der Waals surface area contributed by atoms with Crippen molar-refractivity contribution in [1.82, 2.24) is 15.1 Å². The minimum Gasteiger partial charge on any atom is -0.350 e. The van der Waals surface area contributed by atoms with Crippen LogP contribution in [-0.4, -0.2) is 22.2 Å². The van der Waals surface area contributed by atoms with Crippen molar-refractivity contribution in [3.8, 4) is 0 Å². The zero-order valence-corrected chi connectivity index (χ0v) is 11.6. The fraction of sp³-hybridized carbons (Fsp3) is 0.231. The molecule has 0 saturated heterocycles. The van der Waals surface area contributed by atoms with Crippen LogP contribution in [0.2, 0.25) is 0 Å². The van der Waals surface area contributed by atoms with Gasteiger partial charge in [0.15, 0.2) is 0 Å². The van der Waals surface area contributed by atoms with Crippen LogP contribution in [0.5, 0.6) is 0 Å². The second-order valence-electron chi connectivity index (χ2n) is 3.99. The molecule has 1 N–H and O–H groups in total. The summed E-state index contributed by atoms with van der Waals surface area (Å²) in [6.45, 7) is 3.22. The second kappa shape index (κ2) is 5.82. The summed E-state index contributed by atoms with van der Waals surface area (Å²) < 4.78 is 2.73. The fourth-order valence-electron chi connectivity index (χ4n) is 1.55. The highest BCUT2D eigenvalue weighted by Gasteiger charge is 2.06. The molecule has 0 aliphatic carbocycles. The van der Waals surface area contributed by atoms with Gasteiger partial charge in [0.25, 0.3) is 5.91 Å². The van der Waals surface area contributed by atoms with Gasteiger partial charge >= 0.3 is 0 Å². The molecular weight excluding hydrogens is 294 g/mol. The monoisotopic (exact) mass is 307 g/mol. The molecule has 4 nitrogen and oxygen atoms in total. The molecule has 0 spiro atoms. The van der Waals surface area contributed by atoms with Gasteiger partial charge in [-0.05, 0) is 30.7 Å². The summed E-state index contributed by atoms with van der Waals surface area (Å²) in [6.07, 6.45) is 3.59. The maximum atomic E-state index is 11.9. The first-order valence-electron chi connectivity index (χ1n) is 5.68. The highest BCUT2D eigenvalue weighted by molar-refractivity contribution is 9.10. The number of halogens is 1. The third kappa shape index (κ3) is 3.20. The van der Waals surface area contributed by atoms with Crippen LogP contribution in [0.1, 0.15) is 15.9 Å². The Labute approximate surface area is 114 Å². The molecule has 0 fully saturated rings. The zero-order valence-electron chi connectivity index (χ0n) is 10.1. The van der Waals surface area contributed by atoms with E-state index in [1.807, 2.05) is 37.4 Å². The minimum atomic E-state index is -0.0668. The molecule has 1 aromatic carbocycles. The molecule has 0 unspecified atom stereocenters. The fourth-order valence-corrected chi connectivity index (χ4v) is 1.93. The van der Waals surface area contributed by atoms with E-state index in [-0.39, 0.29) is 5.91 Å². The second-order valence-corrected chi connectivity index (χ2v) is 4.84. The van der Waals surface area contributed by atoms with E-state index >= 15 is 0 Å². The van der Waals surface area contributed by atoms with Crippen LogP contribution in [0.15, 0.2) is 41.1 Å². The number of nitrogens with zero attached hydrogens (tertiary/aromatic N) is 2. The number of rotatable bonds is 4. The van der Waals surface area contributed by atoms with Gasteiger partial charge in [-0.1, -0.05) is 22.0 Å². The van der Waals surface area contributed by atoms with Crippen molar-refractivity contribution < 1.29 is 4.79 Å². The Kier molecular flexibility index (Phi) is 4.15. The summed E-state index contributed by atoms with van der Waals surface area (Å²) in [6, 6.07) is 7.44. The lowest BCUT2D eigenvalue weighted by Crippen LogP contribution is -2.27. The summed E-state index contributed by atoms with van der Waals surface area (Å²) >= 11 is 3.42. The number of carbonyl (C=O) groups excluding carboxylic acids is 1. The van der Waals surface area contributed by atoms with Crippen molar-refractivity contribution in [1.29, 1.82) is 0 Å². The van der Waals surface area contributed by atoms with Crippen LogP contribution in [0.25, 0.3) is 0 Å². The van der Waals surface area contributed by atoms with Crippen molar-refractivity contribution in [2.75, 3.05) is 6.54 Å². The van der Waals surface area contributed by atoms with E-state index < -0.39 is 0 Å². The first-order valence-corrected chi connectivity index (χ1v) is 6.48. The van der Waals surface area contributed by atoms with Crippen LogP contribution < -0.4 is 5.32 Å². The van der Waals surface area contributed by atoms with E-state index in [4.69, 9.17) is 0 Å². The molecule has 0 aliphatic heterocycles. The van der Waals surface area contributed by atoms with Crippen molar-refractivity contribution >= 4 is 21.8 Å². The van der Waals surface area contributed by atoms with Gasteiger partial charge < -0.3 is 5.32 Å². The Balaban J connectivity index is 1.89. The lowest BCUT2D eigenvalue weighted by molar-refractivity contribution is 0.0952. The van der Waals surface area contributed by atoms with E-state index in [0.717, 1.165) is 10.0 Å². The topological polar surface area (TPSA) is 46.9 Å². The largest absolute Gasteiger partial charge is 0.350 e. The first kappa shape index (κ1) is 12.8. The zero-order chi connectivity index (χ0) is 13.0. The number of carbonyl (C=O) groups is 1. The standard InChI is InChI=1S/C13H14BrN3O/c1-10-3-4-11(9-12(10)14)13(18)15-6-8-17-7-2-5-16-17/h2-5,7,9H,6,8H2,1H3,(H,15,18). The molecule has 0 aliphatic rings. The molecule has 2 rings (SSSR count). The van der Waals surface area contributed by atoms with Crippen molar-refractivity contribution in [3.05, 3.63) is 52.3 Å². The maximum absolute atomic E-state index is 11.9. The summed E-state index contributed by atoms with van der Waals surface area (Å²) in [5.74, 6) is -0.0668. The molecule has 1 heterocycles. The Morgan fingerprint density at radius 1 is 1.50 bits per heavy atom. The van der Waals surface area contributed by atoms with Gasteiger partial charge in [-0.25, -0.2) is 0 Å². The third-order valence-electron chi connectivity index (χ3n) is 2.62. The number of amides is 1. The molecule has 0 radical (unpaired) electrons. The molecule has 94 valence electrons. The molecule has 1 amide bonds. The average molecular weight is 308 g/mol. The Morgan fingerprint density at radius 2 is 2.33 bits per heavy atom. The molecule has 5 heteroatoms. The van der Waals surface area contributed by atoms with Gasteiger partial charge in [0.1, 0.15) is 0 Å². The normalized spacial score (nSPS) is 10.3.